The Balaban J connectivity index is 2.09. The van der Waals surface area contributed by atoms with Gasteiger partial charge in [0.25, 0.3) is 5.56 Å². The lowest BCUT2D eigenvalue weighted by molar-refractivity contribution is 0.411. The summed E-state index contributed by atoms with van der Waals surface area (Å²) in [7, 11) is 0. The molecular weight excluding hydrogens is 350 g/mol. The van der Waals surface area contributed by atoms with Gasteiger partial charge in [0.2, 0.25) is 0 Å². The molecule has 2 rings (SSSR count). The molecule has 0 saturated heterocycles. The first kappa shape index (κ1) is 16.9. The van der Waals surface area contributed by atoms with Crippen molar-refractivity contribution in [2.45, 2.75) is 56.7 Å². The van der Waals surface area contributed by atoms with Gasteiger partial charge in [-0.3, -0.25) is 4.79 Å². The molecule has 0 bridgehead atoms. The number of rotatable bonds is 6. The summed E-state index contributed by atoms with van der Waals surface area (Å²) in [6.45, 7) is 3.59. The first-order valence-corrected chi connectivity index (χ1v) is 9.68. The van der Waals surface area contributed by atoms with Gasteiger partial charge in [0.05, 0.1) is 11.9 Å². The van der Waals surface area contributed by atoms with Gasteiger partial charge < -0.3 is 5.32 Å². The Morgan fingerprint density at radius 2 is 2.14 bits per heavy atom. The molecule has 0 aromatic carbocycles. The van der Waals surface area contributed by atoms with Crippen LogP contribution in [-0.2, 0) is 6.54 Å². The third-order valence-electron chi connectivity index (χ3n) is 4.22. The Morgan fingerprint density at radius 1 is 1.43 bits per heavy atom. The highest BCUT2D eigenvalue weighted by Gasteiger charge is 2.31. The van der Waals surface area contributed by atoms with Crippen LogP contribution in [0.5, 0.6) is 0 Å². The van der Waals surface area contributed by atoms with Crippen molar-refractivity contribution in [1.29, 1.82) is 0 Å². The van der Waals surface area contributed by atoms with E-state index in [9.17, 15) is 4.79 Å². The Kier molecular flexibility index (Phi) is 6.17. The minimum absolute atomic E-state index is 0.0521. The number of hydrogen-bond donors (Lipinski definition) is 1. The van der Waals surface area contributed by atoms with E-state index in [1.54, 1.807) is 6.20 Å². The maximum atomic E-state index is 12.2. The molecular formula is C15H24BrN3OS. The smallest absolute Gasteiger partial charge is 0.283 e. The molecule has 6 heteroatoms. The van der Waals surface area contributed by atoms with Crippen molar-refractivity contribution in [1.82, 2.24) is 9.78 Å². The van der Waals surface area contributed by atoms with Gasteiger partial charge in [-0.25, -0.2) is 4.68 Å². The molecule has 0 radical (unpaired) electrons. The largest absolute Gasteiger partial charge is 0.381 e. The number of hydrogen-bond acceptors (Lipinski definition) is 4. The fourth-order valence-electron chi connectivity index (χ4n) is 2.86. The third-order valence-corrected chi connectivity index (χ3v) is 6.40. The fraction of sp³-hybridized carbons (Fsp3) is 0.733. The third kappa shape index (κ3) is 4.03. The van der Waals surface area contributed by atoms with E-state index in [1.165, 1.54) is 36.8 Å². The van der Waals surface area contributed by atoms with E-state index < -0.39 is 0 Å². The standard InChI is InChI=1S/C15H24BrN3OS/c1-3-9-19-14(20)13(16)12(10-18-19)17-11-15(21-2)7-5-4-6-8-15/h10,17H,3-9,11H2,1-2H3. The Hall–Kier alpha value is -0.490. The van der Waals surface area contributed by atoms with Crippen LogP contribution >= 0.6 is 27.7 Å². The van der Waals surface area contributed by atoms with E-state index in [1.807, 2.05) is 18.7 Å². The SMILES string of the molecule is CCCn1ncc(NCC2(SC)CCCCC2)c(Br)c1=O. The molecule has 0 aliphatic heterocycles. The summed E-state index contributed by atoms with van der Waals surface area (Å²) in [5.41, 5.74) is 0.759. The van der Waals surface area contributed by atoms with Crippen LogP contribution in [0.1, 0.15) is 45.4 Å². The zero-order valence-electron chi connectivity index (χ0n) is 12.8. The van der Waals surface area contributed by atoms with Gasteiger partial charge in [0.1, 0.15) is 4.47 Å². The average molecular weight is 374 g/mol. The number of thioether (sulfide) groups is 1. The molecule has 118 valence electrons. The summed E-state index contributed by atoms with van der Waals surface area (Å²) in [6.07, 6.45) is 11.3. The molecule has 21 heavy (non-hydrogen) atoms. The van der Waals surface area contributed by atoms with E-state index >= 15 is 0 Å². The quantitative estimate of drug-likeness (QED) is 0.821. The van der Waals surface area contributed by atoms with Gasteiger partial charge in [0, 0.05) is 17.8 Å². The molecule has 1 aromatic heterocycles. The second-order valence-electron chi connectivity index (χ2n) is 5.70. The van der Waals surface area contributed by atoms with Crippen LogP contribution in [0.25, 0.3) is 0 Å². The predicted molar refractivity (Wildman–Crippen MR) is 94.3 cm³/mol. The highest BCUT2D eigenvalue weighted by molar-refractivity contribution is 9.10. The molecule has 1 aliphatic rings. The van der Waals surface area contributed by atoms with Gasteiger partial charge in [-0.15, -0.1) is 0 Å². The van der Waals surface area contributed by atoms with Gasteiger partial charge in [-0.05, 0) is 41.4 Å². The van der Waals surface area contributed by atoms with Crippen LogP contribution in [-0.4, -0.2) is 27.3 Å². The number of anilines is 1. The molecule has 1 fully saturated rings. The van der Waals surface area contributed by atoms with Crippen molar-refractivity contribution in [2.75, 3.05) is 18.1 Å². The van der Waals surface area contributed by atoms with Crippen LogP contribution in [0, 0.1) is 0 Å². The number of aromatic nitrogens is 2. The first-order valence-electron chi connectivity index (χ1n) is 7.66. The molecule has 0 atom stereocenters. The predicted octanol–water partition coefficient (Wildman–Crippen LogP) is 3.89. The summed E-state index contributed by atoms with van der Waals surface area (Å²) < 4.78 is 2.41. The number of nitrogens with zero attached hydrogens (tertiary/aromatic N) is 2. The van der Waals surface area contributed by atoms with Crippen LogP contribution in [0.3, 0.4) is 0 Å². The maximum absolute atomic E-state index is 12.2. The minimum Gasteiger partial charge on any atom is -0.381 e. The lowest BCUT2D eigenvalue weighted by Gasteiger charge is -2.36. The van der Waals surface area contributed by atoms with E-state index in [4.69, 9.17) is 0 Å². The molecule has 1 aromatic rings. The summed E-state index contributed by atoms with van der Waals surface area (Å²) in [6, 6.07) is 0. The second-order valence-corrected chi connectivity index (χ2v) is 7.77. The monoisotopic (exact) mass is 373 g/mol. The Morgan fingerprint density at radius 3 is 2.76 bits per heavy atom. The topological polar surface area (TPSA) is 46.9 Å². The molecule has 0 unspecified atom stereocenters. The highest BCUT2D eigenvalue weighted by atomic mass is 79.9. The van der Waals surface area contributed by atoms with Crippen LogP contribution in [0.4, 0.5) is 5.69 Å². The number of aryl methyl sites for hydroxylation is 1. The number of nitrogens with one attached hydrogen (secondary N) is 1. The number of halogens is 1. The molecule has 0 spiro atoms. The maximum Gasteiger partial charge on any atom is 0.283 e. The zero-order valence-corrected chi connectivity index (χ0v) is 15.2. The minimum atomic E-state index is -0.0521. The molecule has 1 aliphatic carbocycles. The molecule has 0 amide bonds. The molecule has 1 saturated carbocycles. The lowest BCUT2D eigenvalue weighted by Crippen LogP contribution is -2.36. The molecule has 1 heterocycles. The normalized spacial score (nSPS) is 17.7. The van der Waals surface area contributed by atoms with Gasteiger partial charge in [-0.1, -0.05) is 26.2 Å². The lowest BCUT2D eigenvalue weighted by atomic mass is 9.88. The zero-order chi connectivity index (χ0) is 15.3. The van der Waals surface area contributed by atoms with Crippen molar-refractivity contribution in [3.63, 3.8) is 0 Å². The van der Waals surface area contributed by atoms with Crippen molar-refractivity contribution < 1.29 is 0 Å². The summed E-state index contributed by atoms with van der Waals surface area (Å²) in [4.78, 5) is 12.2. The average Bonchev–Trinajstić information content (AvgIpc) is 2.52. The van der Waals surface area contributed by atoms with E-state index in [2.05, 4.69) is 32.6 Å². The second kappa shape index (κ2) is 7.68. The van der Waals surface area contributed by atoms with E-state index in [0.29, 0.717) is 15.8 Å². The van der Waals surface area contributed by atoms with Gasteiger partial charge in [-0.2, -0.15) is 16.9 Å². The summed E-state index contributed by atoms with van der Waals surface area (Å²) in [5.74, 6) is 0. The molecule has 4 nitrogen and oxygen atoms in total. The summed E-state index contributed by atoms with van der Waals surface area (Å²) in [5, 5.41) is 7.69. The van der Waals surface area contributed by atoms with Crippen molar-refractivity contribution in [2.24, 2.45) is 0 Å². The van der Waals surface area contributed by atoms with Crippen LogP contribution in [0.2, 0.25) is 0 Å². The van der Waals surface area contributed by atoms with E-state index in [-0.39, 0.29) is 5.56 Å². The Bertz CT molecular complexity index is 526. The van der Waals surface area contributed by atoms with Crippen molar-refractivity contribution in [3.05, 3.63) is 21.0 Å². The molecule has 1 N–H and O–H groups in total. The fourth-order valence-corrected chi connectivity index (χ4v) is 4.23. The van der Waals surface area contributed by atoms with Crippen molar-refractivity contribution >= 4 is 33.4 Å². The van der Waals surface area contributed by atoms with Gasteiger partial charge >= 0.3 is 0 Å². The van der Waals surface area contributed by atoms with Crippen molar-refractivity contribution in [3.8, 4) is 0 Å². The van der Waals surface area contributed by atoms with E-state index in [0.717, 1.165) is 18.7 Å². The highest BCUT2D eigenvalue weighted by Crippen LogP contribution is 2.38. The van der Waals surface area contributed by atoms with Crippen LogP contribution < -0.4 is 10.9 Å². The Labute approximate surface area is 139 Å². The van der Waals surface area contributed by atoms with Crippen LogP contribution in [0.15, 0.2) is 15.5 Å². The van der Waals surface area contributed by atoms with Gasteiger partial charge in [0.15, 0.2) is 0 Å². The first-order chi connectivity index (χ1) is 10.1. The summed E-state index contributed by atoms with van der Waals surface area (Å²) >= 11 is 5.38.